The molecule has 0 aromatic heterocycles. The lowest BCUT2D eigenvalue weighted by atomic mass is 9.94. The Morgan fingerprint density at radius 2 is 2.00 bits per heavy atom. The summed E-state index contributed by atoms with van der Waals surface area (Å²) in [6.45, 7) is 3.73. The Balaban J connectivity index is 1.98. The number of rotatable bonds is 5. The fraction of sp³-hybridized carbons (Fsp3) is 0.529. The summed E-state index contributed by atoms with van der Waals surface area (Å²) in [5, 5.41) is 9.32. The summed E-state index contributed by atoms with van der Waals surface area (Å²) in [6, 6.07) is 9.49. The van der Waals surface area contributed by atoms with Gasteiger partial charge in [-0.15, -0.1) is 0 Å². The van der Waals surface area contributed by atoms with Gasteiger partial charge in [-0.3, -0.25) is 4.79 Å². The van der Waals surface area contributed by atoms with Crippen molar-refractivity contribution >= 4 is 12.1 Å². The van der Waals surface area contributed by atoms with Crippen molar-refractivity contribution in [2.45, 2.75) is 26.0 Å². The number of carboxylic acids is 1. The van der Waals surface area contributed by atoms with Crippen LogP contribution in [0.2, 0.25) is 0 Å². The Morgan fingerprint density at radius 3 is 2.61 bits per heavy atom. The minimum atomic E-state index is -0.861. The minimum absolute atomic E-state index is 0.0409. The molecule has 6 nitrogen and oxygen atoms in total. The van der Waals surface area contributed by atoms with Crippen LogP contribution in [0.25, 0.3) is 0 Å². The van der Waals surface area contributed by atoms with Gasteiger partial charge in [-0.05, 0) is 25.6 Å². The normalized spacial score (nSPS) is 21.3. The Labute approximate surface area is 136 Å². The van der Waals surface area contributed by atoms with E-state index < -0.39 is 18.0 Å². The molecule has 6 heteroatoms. The first kappa shape index (κ1) is 17.3. The van der Waals surface area contributed by atoms with Gasteiger partial charge in [0.1, 0.15) is 6.61 Å². The topological polar surface area (TPSA) is 70.1 Å². The number of carbonyl (C=O) groups excluding carboxylic acids is 1. The second-order valence-corrected chi connectivity index (χ2v) is 5.94. The van der Waals surface area contributed by atoms with Gasteiger partial charge in [-0.25, -0.2) is 4.79 Å². The third-order valence-corrected chi connectivity index (χ3v) is 4.36. The molecular formula is C17H24N2O4. The van der Waals surface area contributed by atoms with E-state index in [0.717, 1.165) is 12.1 Å². The molecule has 1 aliphatic rings. The summed E-state index contributed by atoms with van der Waals surface area (Å²) >= 11 is 0. The standard InChI is InChI=1S/C17H24N2O4/c1-3-18(2)15-9-14(16(20)21)10-19(11-15)17(22)23-12-13-7-5-4-6-8-13/h4-8,14-15H,3,9-12H2,1-2H3,(H,20,21)/t14-,15-/m1/s1. The van der Waals surface area contributed by atoms with Gasteiger partial charge >= 0.3 is 12.1 Å². The molecule has 0 spiro atoms. The fourth-order valence-electron chi connectivity index (χ4n) is 2.79. The molecule has 1 saturated heterocycles. The minimum Gasteiger partial charge on any atom is -0.481 e. The number of piperidine rings is 1. The van der Waals surface area contributed by atoms with E-state index in [2.05, 4.69) is 4.90 Å². The summed E-state index contributed by atoms with van der Waals surface area (Å²) < 4.78 is 5.33. The molecule has 126 valence electrons. The van der Waals surface area contributed by atoms with Gasteiger partial charge in [0.05, 0.1) is 5.92 Å². The molecule has 0 saturated carbocycles. The summed E-state index contributed by atoms with van der Waals surface area (Å²) in [7, 11) is 1.95. The first-order valence-corrected chi connectivity index (χ1v) is 7.90. The van der Waals surface area contributed by atoms with Crippen molar-refractivity contribution < 1.29 is 19.4 Å². The van der Waals surface area contributed by atoms with E-state index in [0.29, 0.717) is 13.0 Å². The highest BCUT2D eigenvalue weighted by atomic mass is 16.6. The van der Waals surface area contributed by atoms with Crippen LogP contribution in [-0.2, 0) is 16.1 Å². The number of likely N-dealkylation sites (N-methyl/N-ethyl adjacent to an activating group) is 1. The van der Waals surface area contributed by atoms with Crippen molar-refractivity contribution in [1.29, 1.82) is 0 Å². The molecule has 1 aromatic rings. The van der Waals surface area contributed by atoms with E-state index in [1.54, 1.807) is 0 Å². The Morgan fingerprint density at radius 1 is 1.30 bits per heavy atom. The zero-order valence-electron chi connectivity index (χ0n) is 13.6. The molecule has 0 bridgehead atoms. The second-order valence-electron chi connectivity index (χ2n) is 5.94. The number of nitrogens with zero attached hydrogens (tertiary/aromatic N) is 2. The molecule has 1 N–H and O–H groups in total. The zero-order valence-corrected chi connectivity index (χ0v) is 13.6. The SMILES string of the molecule is CCN(C)[C@@H]1C[C@@H](C(=O)O)CN(C(=O)OCc2ccccc2)C1. The predicted molar refractivity (Wildman–Crippen MR) is 86.0 cm³/mol. The Kier molecular flexibility index (Phi) is 5.98. The average Bonchev–Trinajstić information content (AvgIpc) is 2.59. The third-order valence-electron chi connectivity index (χ3n) is 4.36. The van der Waals surface area contributed by atoms with Crippen LogP contribution in [-0.4, -0.2) is 59.7 Å². The number of ether oxygens (including phenoxy) is 1. The number of amides is 1. The highest BCUT2D eigenvalue weighted by molar-refractivity contribution is 5.73. The van der Waals surface area contributed by atoms with Crippen molar-refractivity contribution in [3.05, 3.63) is 35.9 Å². The lowest BCUT2D eigenvalue weighted by molar-refractivity contribution is -0.144. The number of aliphatic carboxylic acids is 1. The van der Waals surface area contributed by atoms with Crippen LogP contribution < -0.4 is 0 Å². The first-order valence-electron chi connectivity index (χ1n) is 7.90. The van der Waals surface area contributed by atoms with E-state index in [1.165, 1.54) is 4.90 Å². The maximum Gasteiger partial charge on any atom is 0.410 e. The van der Waals surface area contributed by atoms with Crippen molar-refractivity contribution in [3.63, 3.8) is 0 Å². The Bertz CT molecular complexity index is 535. The quantitative estimate of drug-likeness (QED) is 0.899. The van der Waals surface area contributed by atoms with Crippen molar-refractivity contribution in [2.24, 2.45) is 5.92 Å². The van der Waals surface area contributed by atoms with Gasteiger partial charge in [0.25, 0.3) is 0 Å². The van der Waals surface area contributed by atoms with Gasteiger partial charge in [-0.1, -0.05) is 37.3 Å². The molecule has 23 heavy (non-hydrogen) atoms. The molecule has 1 aliphatic heterocycles. The molecule has 1 amide bonds. The van der Waals surface area contributed by atoms with E-state index in [4.69, 9.17) is 4.74 Å². The van der Waals surface area contributed by atoms with Crippen LogP contribution in [0.1, 0.15) is 18.9 Å². The van der Waals surface area contributed by atoms with Crippen LogP contribution in [0.15, 0.2) is 30.3 Å². The highest BCUT2D eigenvalue weighted by Crippen LogP contribution is 2.21. The van der Waals surface area contributed by atoms with Crippen molar-refractivity contribution in [3.8, 4) is 0 Å². The molecule has 2 atom stereocenters. The van der Waals surface area contributed by atoms with Crippen LogP contribution in [0, 0.1) is 5.92 Å². The molecule has 1 aromatic carbocycles. The van der Waals surface area contributed by atoms with E-state index in [-0.39, 0.29) is 19.2 Å². The zero-order chi connectivity index (χ0) is 16.8. The number of benzene rings is 1. The molecule has 1 fully saturated rings. The molecule has 2 rings (SSSR count). The average molecular weight is 320 g/mol. The largest absolute Gasteiger partial charge is 0.481 e. The summed E-state index contributed by atoms with van der Waals surface area (Å²) in [6.07, 6.45) is 0.108. The molecule has 0 unspecified atom stereocenters. The number of hydrogen-bond donors (Lipinski definition) is 1. The monoisotopic (exact) mass is 320 g/mol. The number of carboxylic acid groups (broad SMARTS) is 1. The van der Waals surface area contributed by atoms with E-state index >= 15 is 0 Å². The molecule has 0 radical (unpaired) electrons. The van der Waals surface area contributed by atoms with Crippen molar-refractivity contribution in [2.75, 3.05) is 26.7 Å². The molecular weight excluding hydrogens is 296 g/mol. The highest BCUT2D eigenvalue weighted by Gasteiger charge is 2.35. The Hall–Kier alpha value is -2.08. The van der Waals surface area contributed by atoms with Crippen molar-refractivity contribution in [1.82, 2.24) is 9.80 Å². The first-order chi connectivity index (χ1) is 11.0. The third kappa shape index (κ3) is 4.69. The maximum absolute atomic E-state index is 12.3. The van der Waals surface area contributed by atoms with Gasteiger partial charge < -0.3 is 19.6 Å². The molecule has 1 heterocycles. The predicted octanol–water partition coefficient (Wildman–Crippen LogP) is 2.05. The van der Waals surface area contributed by atoms with Crippen LogP contribution in [0.4, 0.5) is 4.79 Å². The van der Waals surface area contributed by atoms with Gasteiger partial charge in [-0.2, -0.15) is 0 Å². The number of likely N-dealkylation sites (tertiary alicyclic amines) is 1. The maximum atomic E-state index is 12.3. The number of carbonyl (C=O) groups is 2. The van der Waals surface area contributed by atoms with E-state index in [9.17, 15) is 14.7 Å². The van der Waals surface area contributed by atoms with Gasteiger partial charge in [0.15, 0.2) is 0 Å². The van der Waals surface area contributed by atoms with Crippen LogP contribution in [0.5, 0.6) is 0 Å². The second kappa shape index (κ2) is 7.97. The smallest absolute Gasteiger partial charge is 0.410 e. The fourth-order valence-corrected chi connectivity index (χ4v) is 2.79. The summed E-state index contributed by atoms with van der Waals surface area (Å²) in [5.41, 5.74) is 0.912. The molecule has 0 aliphatic carbocycles. The van der Waals surface area contributed by atoms with Crippen LogP contribution in [0.3, 0.4) is 0 Å². The summed E-state index contributed by atoms with van der Waals surface area (Å²) in [4.78, 5) is 27.2. The number of hydrogen-bond acceptors (Lipinski definition) is 4. The lowest BCUT2D eigenvalue weighted by Gasteiger charge is -2.39. The lowest BCUT2D eigenvalue weighted by Crippen LogP contribution is -2.53. The van der Waals surface area contributed by atoms with Gasteiger partial charge in [0.2, 0.25) is 0 Å². The summed E-state index contributed by atoms with van der Waals surface area (Å²) in [5.74, 6) is -1.41. The van der Waals surface area contributed by atoms with Crippen LogP contribution >= 0.6 is 0 Å². The van der Waals surface area contributed by atoms with E-state index in [1.807, 2.05) is 44.3 Å². The van der Waals surface area contributed by atoms with Gasteiger partial charge in [0, 0.05) is 19.1 Å².